The van der Waals surface area contributed by atoms with Crippen molar-refractivity contribution in [1.29, 1.82) is 0 Å². The number of rotatable bonds is 5. The van der Waals surface area contributed by atoms with E-state index in [9.17, 15) is 0 Å². The lowest BCUT2D eigenvalue weighted by Crippen LogP contribution is -2.01. The molecule has 0 N–H and O–H groups in total. The average molecular weight is 196 g/mol. The molecule has 0 saturated heterocycles. The van der Waals surface area contributed by atoms with Crippen LogP contribution >= 0.6 is 11.3 Å². The lowest BCUT2D eigenvalue weighted by Gasteiger charge is -2.11. The summed E-state index contributed by atoms with van der Waals surface area (Å²) < 4.78 is 0. The van der Waals surface area contributed by atoms with E-state index in [-0.39, 0.29) is 0 Å². The van der Waals surface area contributed by atoms with Crippen LogP contribution in [0.4, 0.5) is 0 Å². The first kappa shape index (κ1) is 10.8. The first-order valence-corrected chi connectivity index (χ1v) is 6.13. The summed E-state index contributed by atoms with van der Waals surface area (Å²) in [6.45, 7) is 6.78. The molecular formula is C12H20S. The highest BCUT2D eigenvalue weighted by Crippen LogP contribution is 2.22. The number of thiophene rings is 1. The van der Waals surface area contributed by atoms with Crippen molar-refractivity contribution in [3.05, 3.63) is 21.9 Å². The van der Waals surface area contributed by atoms with Crippen molar-refractivity contribution in [3.8, 4) is 0 Å². The van der Waals surface area contributed by atoms with Gasteiger partial charge >= 0.3 is 0 Å². The normalized spacial score (nSPS) is 13.2. The van der Waals surface area contributed by atoms with E-state index in [1.807, 2.05) is 11.3 Å². The zero-order valence-corrected chi connectivity index (χ0v) is 9.79. The van der Waals surface area contributed by atoms with Gasteiger partial charge in [-0.25, -0.2) is 0 Å². The maximum Gasteiger partial charge on any atom is 0.00508 e. The zero-order valence-electron chi connectivity index (χ0n) is 8.97. The highest BCUT2D eigenvalue weighted by Gasteiger charge is 2.07. The van der Waals surface area contributed by atoms with Crippen LogP contribution in [0.5, 0.6) is 0 Å². The third-order valence-corrected chi connectivity index (χ3v) is 3.58. The highest BCUT2D eigenvalue weighted by atomic mass is 32.1. The number of aryl methyl sites for hydroxylation is 1. The van der Waals surface area contributed by atoms with E-state index < -0.39 is 0 Å². The van der Waals surface area contributed by atoms with E-state index in [0.29, 0.717) is 0 Å². The molecule has 0 bridgehead atoms. The molecule has 1 atom stereocenters. The number of hydrogen-bond acceptors (Lipinski definition) is 1. The van der Waals surface area contributed by atoms with Gasteiger partial charge in [0.2, 0.25) is 0 Å². The molecule has 0 aromatic carbocycles. The summed E-state index contributed by atoms with van der Waals surface area (Å²) in [6, 6.07) is 4.52. The molecule has 0 fully saturated rings. The van der Waals surface area contributed by atoms with Gasteiger partial charge in [0.1, 0.15) is 0 Å². The Kier molecular flexibility index (Phi) is 4.51. The Morgan fingerprint density at radius 2 is 2.08 bits per heavy atom. The molecule has 1 aromatic heterocycles. The van der Waals surface area contributed by atoms with Crippen molar-refractivity contribution >= 4 is 11.3 Å². The maximum atomic E-state index is 2.31. The molecule has 0 aliphatic rings. The fourth-order valence-corrected chi connectivity index (χ4v) is 2.74. The predicted octanol–water partition coefficient (Wildman–Crippen LogP) is 4.43. The minimum atomic E-state index is 0.906. The van der Waals surface area contributed by atoms with Crippen LogP contribution in [0.1, 0.15) is 42.9 Å². The summed E-state index contributed by atoms with van der Waals surface area (Å²) in [5, 5.41) is 0. The van der Waals surface area contributed by atoms with Crippen LogP contribution in [-0.4, -0.2) is 0 Å². The van der Waals surface area contributed by atoms with Gasteiger partial charge in [0.25, 0.3) is 0 Å². The van der Waals surface area contributed by atoms with Crippen LogP contribution < -0.4 is 0 Å². The smallest absolute Gasteiger partial charge is 0.00508 e. The Hall–Kier alpha value is -0.300. The average Bonchev–Trinajstić information content (AvgIpc) is 2.50. The van der Waals surface area contributed by atoms with Crippen molar-refractivity contribution in [2.24, 2.45) is 5.92 Å². The van der Waals surface area contributed by atoms with Gasteiger partial charge in [0, 0.05) is 9.75 Å². The van der Waals surface area contributed by atoms with Gasteiger partial charge in [-0.05, 0) is 31.4 Å². The van der Waals surface area contributed by atoms with Crippen molar-refractivity contribution in [2.45, 2.75) is 46.5 Å². The quantitative estimate of drug-likeness (QED) is 0.653. The summed E-state index contributed by atoms with van der Waals surface area (Å²) in [4.78, 5) is 3.01. The van der Waals surface area contributed by atoms with E-state index in [1.165, 1.54) is 30.6 Å². The second kappa shape index (κ2) is 5.43. The first-order chi connectivity index (χ1) is 6.26. The molecule has 1 heteroatoms. The maximum absolute atomic E-state index is 2.31. The van der Waals surface area contributed by atoms with Gasteiger partial charge < -0.3 is 0 Å². The Morgan fingerprint density at radius 3 is 2.54 bits per heavy atom. The molecule has 1 heterocycles. The van der Waals surface area contributed by atoms with Crippen LogP contribution in [0.3, 0.4) is 0 Å². The molecule has 0 spiro atoms. The Balaban J connectivity index is 2.46. The summed E-state index contributed by atoms with van der Waals surface area (Å²) in [6.07, 6.45) is 5.32. The lowest BCUT2D eigenvalue weighted by atomic mass is 9.96. The molecular weight excluding hydrogens is 176 g/mol. The first-order valence-electron chi connectivity index (χ1n) is 5.31. The van der Waals surface area contributed by atoms with Gasteiger partial charge in [0.15, 0.2) is 0 Å². The van der Waals surface area contributed by atoms with Crippen molar-refractivity contribution in [2.75, 3.05) is 0 Å². The molecule has 13 heavy (non-hydrogen) atoms. The monoisotopic (exact) mass is 196 g/mol. The summed E-state index contributed by atoms with van der Waals surface area (Å²) >= 11 is 1.96. The van der Waals surface area contributed by atoms with E-state index in [2.05, 4.69) is 32.9 Å². The van der Waals surface area contributed by atoms with Crippen molar-refractivity contribution in [3.63, 3.8) is 0 Å². The third kappa shape index (κ3) is 3.51. The molecule has 74 valence electrons. The minimum absolute atomic E-state index is 0.906. The van der Waals surface area contributed by atoms with Crippen LogP contribution in [0.15, 0.2) is 12.1 Å². The second-order valence-corrected chi connectivity index (χ2v) is 5.15. The van der Waals surface area contributed by atoms with Gasteiger partial charge in [-0.15, -0.1) is 11.3 Å². The molecule has 0 amide bonds. The van der Waals surface area contributed by atoms with Crippen LogP contribution in [0.25, 0.3) is 0 Å². The standard InChI is InChI=1S/C12H20S/c1-4-6-11(5-2)9-12-8-7-10(3)13-12/h7-8,11H,4-6,9H2,1-3H3. The van der Waals surface area contributed by atoms with E-state index in [4.69, 9.17) is 0 Å². The molecule has 0 aliphatic carbocycles. The molecule has 1 unspecified atom stereocenters. The highest BCUT2D eigenvalue weighted by molar-refractivity contribution is 7.11. The summed E-state index contributed by atoms with van der Waals surface area (Å²) in [5.74, 6) is 0.906. The predicted molar refractivity (Wildman–Crippen MR) is 61.4 cm³/mol. The van der Waals surface area contributed by atoms with Crippen molar-refractivity contribution in [1.82, 2.24) is 0 Å². The molecule has 1 aromatic rings. The lowest BCUT2D eigenvalue weighted by molar-refractivity contribution is 0.465. The Labute approximate surface area is 86.0 Å². The Bertz CT molecular complexity index is 237. The third-order valence-electron chi connectivity index (χ3n) is 2.56. The summed E-state index contributed by atoms with van der Waals surface area (Å²) in [7, 11) is 0. The zero-order chi connectivity index (χ0) is 9.68. The summed E-state index contributed by atoms with van der Waals surface area (Å²) in [5.41, 5.74) is 0. The van der Waals surface area contributed by atoms with E-state index >= 15 is 0 Å². The van der Waals surface area contributed by atoms with Gasteiger partial charge in [-0.2, -0.15) is 0 Å². The fraction of sp³-hybridized carbons (Fsp3) is 0.667. The minimum Gasteiger partial charge on any atom is -0.146 e. The fourth-order valence-electron chi connectivity index (χ4n) is 1.74. The van der Waals surface area contributed by atoms with Gasteiger partial charge in [-0.3, -0.25) is 0 Å². The molecule has 0 radical (unpaired) electrons. The van der Waals surface area contributed by atoms with Gasteiger partial charge in [0.05, 0.1) is 0 Å². The van der Waals surface area contributed by atoms with Crippen molar-refractivity contribution < 1.29 is 0 Å². The SMILES string of the molecule is CCCC(CC)Cc1ccc(C)s1. The second-order valence-electron chi connectivity index (χ2n) is 3.78. The molecule has 0 nitrogen and oxygen atoms in total. The topological polar surface area (TPSA) is 0 Å². The number of hydrogen-bond donors (Lipinski definition) is 0. The molecule has 0 aliphatic heterocycles. The molecule has 1 rings (SSSR count). The van der Waals surface area contributed by atoms with E-state index in [0.717, 1.165) is 5.92 Å². The van der Waals surface area contributed by atoms with E-state index in [1.54, 1.807) is 4.88 Å². The van der Waals surface area contributed by atoms with Crippen LogP contribution in [0, 0.1) is 12.8 Å². The Morgan fingerprint density at radius 1 is 1.31 bits per heavy atom. The van der Waals surface area contributed by atoms with Crippen LogP contribution in [0.2, 0.25) is 0 Å². The van der Waals surface area contributed by atoms with Gasteiger partial charge in [-0.1, -0.05) is 33.1 Å². The molecule has 0 saturated carbocycles. The van der Waals surface area contributed by atoms with Crippen LogP contribution in [-0.2, 0) is 6.42 Å². The largest absolute Gasteiger partial charge is 0.146 e.